The summed E-state index contributed by atoms with van der Waals surface area (Å²) in [6.45, 7) is 0. The molecule has 1 aromatic rings. The van der Waals surface area contributed by atoms with Crippen LogP contribution in [0.1, 0.15) is 12.0 Å². The van der Waals surface area contributed by atoms with Crippen LogP contribution >= 0.6 is 27.5 Å². The average Bonchev–Trinajstić information content (AvgIpc) is 2.12. The third-order valence-electron chi connectivity index (χ3n) is 1.45. The van der Waals surface area contributed by atoms with E-state index in [1.165, 1.54) is 0 Å². The number of nitrogen functional groups attached to an aromatic ring is 1. The quantitative estimate of drug-likeness (QED) is 0.468. The van der Waals surface area contributed by atoms with E-state index in [0.717, 1.165) is 15.7 Å². The lowest BCUT2D eigenvalue weighted by Crippen LogP contribution is -1.86. The highest BCUT2D eigenvalue weighted by Gasteiger charge is 1.94. The van der Waals surface area contributed by atoms with Gasteiger partial charge >= 0.3 is 0 Å². The van der Waals surface area contributed by atoms with E-state index in [4.69, 9.17) is 17.3 Å². The average molecular weight is 259 g/mol. The summed E-state index contributed by atoms with van der Waals surface area (Å²) in [4.78, 5) is 0. The summed E-state index contributed by atoms with van der Waals surface area (Å²) in [7, 11) is 0. The fourth-order valence-corrected chi connectivity index (χ4v) is 1.29. The van der Waals surface area contributed by atoms with Gasteiger partial charge in [0.15, 0.2) is 0 Å². The Morgan fingerprint density at radius 2 is 2.23 bits per heavy atom. The summed E-state index contributed by atoms with van der Waals surface area (Å²) < 4.78 is 0.880. The number of halogens is 2. The maximum atomic E-state index is 5.63. The van der Waals surface area contributed by atoms with Crippen molar-refractivity contribution in [3.8, 4) is 11.8 Å². The van der Waals surface area contributed by atoms with Crippen LogP contribution in [0.15, 0.2) is 22.7 Å². The molecule has 1 aromatic carbocycles. The van der Waals surface area contributed by atoms with Gasteiger partial charge in [-0.1, -0.05) is 11.8 Å². The van der Waals surface area contributed by atoms with Crippen LogP contribution in [0.2, 0.25) is 0 Å². The molecule has 0 fully saturated rings. The number of benzene rings is 1. The van der Waals surface area contributed by atoms with Crippen molar-refractivity contribution in [3.63, 3.8) is 0 Å². The molecule has 0 radical (unpaired) electrons. The minimum Gasteiger partial charge on any atom is -0.398 e. The maximum Gasteiger partial charge on any atom is 0.0459 e. The smallest absolute Gasteiger partial charge is 0.0459 e. The maximum absolute atomic E-state index is 5.63. The molecule has 0 atom stereocenters. The minimum atomic E-state index is 0.573. The molecule has 0 bridgehead atoms. The van der Waals surface area contributed by atoms with E-state index in [-0.39, 0.29) is 0 Å². The second kappa shape index (κ2) is 5.16. The Morgan fingerprint density at radius 3 is 2.85 bits per heavy atom. The Kier molecular flexibility index (Phi) is 4.14. The van der Waals surface area contributed by atoms with Crippen LogP contribution in [0.25, 0.3) is 0 Å². The number of hydrogen-bond donors (Lipinski definition) is 1. The van der Waals surface area contributed by atoms with E-state index < -0.39 is 0 Å². The molecule has 1 rings (SSSR count). The summed E-state index contributed by atoms with van der Waals surface area (Å²) >= 11 is 8.83. The van der Waals surface area contributed by atoms with Gasteiger partial charge in [-0.2, -0.15) is 0 Å². The SMILES string of the molecule is Nc1ccc(C#CCCCl)cc1Br. The molecule has 13 heavy (non-hydrogen) atoms. The number of nitrogens with two attached hydrogens (primary N) is 1. The van der Waals surface area contributed by atoms with Crippen LogP contribution < -0.4 is 5.73 Å². The summed E-state index contributed by atoms with van der Waals surface area (Å²) in [5.41, 5.74) is 7.30. The van der Waals surface area contributed by atoms with Gasteiger partial charge in [0.1, 0.15) is 0 Å². The zero-order valence-corrected chi connectivity index (χ0v) is 9.32. The fourth-order valence-electron chi connectivity index (χ4n) is 0.817. The highest BCUT2D eigenvalue weighted by Crippen LogP contribution is 2.19. The Balaban J connectivity index is 2.81. The van der Waals surface area contributed by atoms with Crippen molar-refractivity contribution in [1.29, 1.82) is 0 Å². The molecule has 0 aliphatic carbocycles. The van der Waals surface area contributed by atoms with Gasteiger partial charge in [0.05, 0.1) is 0 Å². The number of hydrogen-bond acceptors (Lipinski definition) is 1. The van der Waals surface area contributed by atoms with E-state index >= 15 is 0 Å². The van der Waals surface area contributed by atoms with E-state index in [2.05, 4.69) is 27.8 Å². The van der Waals surface area contributed by atoms with Gasteiger partial charge in [0, 0.05) is 28.0 Å². The van der Waals surface area contributed by atoms with Crippen molar-refractivity contribution in [2.75, 3.05) is 11.6 Å². The van der Waals surface area contributed by atoms with Gasteiger partial charge < -0.3 is 5.73 Å². The molecule has 0 aliphatic rings. The van der Waals surface area contributed by atoms with Crippen LogP contribution in [0.5, 0.6) is 0 Å². The van der Waals surface area contributed by atoms with E-state index in [1.54, 1.807) is 0 Å². The Bertz CT molecular complexity index is 352. The van der Waals surface area contributed by atoms with Crippen LogP contribution in [0.4, 0.5) is 5.69 Å². The molecular formula is C10H9BrClN. The molecule has 0 aliphatic heterocycles. The first-order chi connectivity index (χ1) is 6.24. The Labute approximate surface area is 91.4 Å². The predicted octanol–water partition coefficient (Wildman–Crippen LogP) is 3.01. The molecule has 68 valence electrons. The highest BCUT2D eigenvalue weighted by atomic mass is 79.9. The Hall–Kier alpha value is -0.650. The topological polar surface area (TPSA) is 26.0 Å². The van der Waals surface area contributed by atoms with Gasteiger partial charge in [-0.25, -0.2) is 0 Å². The van der Waals surface area contributed by atoms with E-state index in [1.807, 2.05) is 18.2 Å². The largest absolute Gasteiger partial charge is 0.398 e. The van der Waals surface area contributed by atoms with Crippen molar-refractivity contribution in [3.05, 3.63) is 28.2 Å². The van der Waals surface area contributed by atoms with E-state index in [9.17, 15) is 0 Å². The van der Waals surface area contributed by atoms with E-state index in [0.29, 0.717) is 12.3 Å². The summed E-state index contributed by atoms with van der Waals surface area (Å²) in [6.07, 6.45) is 0.712. The normalized spacial score (nSPS) is 9.08. The molecule has 3 heteroatoms. The molecule has 2 N–H and O–H groups in total. The van der Waals surface area contributed by atoms with Crippen LogP contribution in [-0.4, -0.2) is 5.88 Å². The monoisotopic (exact) mass is 257 g/mol. The number of alkyl halides is 1. The predicted molar refractivity (Wildman–Crippen MR) is 60.8 cm³/mol. The molecule has 0 aromatic heterocycles. The zero-order valence-electron chi connectivity index (χ0n) is 6.98. The fraction of sp³-hybridized carbons (Fsp3) is 0.200. The summed E-state index contributed by atoms with van der Waals surface area (Å²) in [6, 6.07) is 5.62. The summed E-state index contributed by atoms with van der Waals surface area (Å²) in [5.74, 6) is 6.52. The van der Waals surface area contributed by atoms with Crippen molar-refractivity contribution in [2.45, 2.75) is 6.42 Å². The number of anilines is 1. The lowest BCUT2D eigenvalue weighted by atomic mass is 10.2. The van der Waals surface area contributed by atoms with Crippen LogP contribution in [-0.2, 0) is 0 Å². The Morgan fingerprint density at radius 1 is 1.46 bits per heavy atom. The summed E-state index contributed by atoms with van der Waals surface area (Å²) in [5, 5.41) is 0. The molecular weight excluding hydrogens is 249 g/mol. The van der Waals surface area contributed by atoms with Gasteiger partial charge in [-0.15, -0.1) is 11.6 Å². The zero-order chi connectivity index (χ0) is 9.68. The molecule has 0 saturated heterocycles. The lowest BCUT2D eigenvalue weighted by molar-refractivity contribution is 1.29. The molecule has 0 heterocycles. The minimum absolute atomic E-state index is 0.573. The van der Waals surface area contributed by atoms with Crippen LogP contribution in [0, 0.1) is 11.8 Å². The van der Waals surface area contributed by atoms with Gasteiger partial charge in [0.25, 0.3) is 0 Å². The third-order valence-corrected chi connectivity index (χ3v) is 2.33. The van der Waals surface area contributed by atoms with Crippen LogP contribution in [0.3, 0.4) is 0 Å². The number of rotatable bonds is 1. The first-order valence-electron chi connectivity index (χ1n) is 3.84. The second-order valence-corrected chi connectivity index (χ2v) is 3.71. The van der Waals surface area contributed by atoms with Crippen molar-refractivity contribution >= 4 is 33.2 Å². The second-order valence-electron chi connectivity index (χ2n) is 2.48. The molecule has 0 unspecified atom stereocenters. The first kappa shape index (κ1) is 10.4. The molecule has 0 saturated carbocycles. The highest BCUT2D eigenvalue weighted by molar-refractivity contribution is 9.10. The van der Waals surface area contributed by atoms with Gasteiger partial charge in [-0.05, 0) is 34.1 Å². The lowest BCUT2D eigenvalue weighted by Gasteiger charge is -1.96. The van der Waals surface area contributed by atoms with Crippen molar-refractivity contribution in [1.82, 2.24) is 0 Å². The van der Waals surface area contributed by atoms with Crippen molar-refractivity contribution in [2.24, 2.45) is 0 Å². The van der Waals surface area contributed by atoms with Gasteiger partial charge in [0.2, 0.25) is 0 Å². The standard InChI is InChI=1S/C10H9BrClN/c11-9-7-8(3-1-2-6-12)4-5-10(9)13/h4-5,7H,2,6,13H2. The first-order valence-corrected chi connectivity index (χ1v) is 5.16. The molecule has 1 nitrogen and oxygen atoms in total. The molecule has 0 spiro atoms. The third kappa shape index (κ3) is 3.30. The molecule has 0 amide bonds. The van der Waals surface area contributed by atoms with Crippen molar-refractivity contribution < 1.29 is 0 Å². The van der Waals surface area contributed by atoms with Gasteiger partial charge in [-0.3, -0.25) is 0 Å².